The number of esters is 1. The van der Waals surface area contributed by atoms with Gasteiger partial charge in [-0.3, -0.25) is 0 Å². The predicted octanol–water partition coefficient (Wildman–Crippen LogP) is 5.66. The van der Waals surface area contributed by atoms with Gasteiger partial charge in [0.2, 0.25) is 0 Å². The van der Waals surface area contributed by atoms with Gasteiger partial charge in [-0.2, -0.15) is 0 Å². The summed E-state index contributed by atoms with van der Waals surface area (Å²) in [6.07, 6.45) is 5.05. The molecule has 7 heteroatoms. The van der Waals surface area contributed by atoms with Crippen LogP contribution in [0, 0.1) is 0 Å². The van der Waals surface area contributed by atoms with Crippen LogP contribution in [0.1, 0.15) is 60.8 Å². The van der Waals surface area contributed by atoms with E-state index in [4.69, 9.17) is 13.6 Å². The Morgan fingerprint density at radius 2 is 1.38 bits per heavy atom. The fourth-order valence-electron chi connectivity index (χ4n) is 2.43. The van der Waals surface area contributed by atoms with Gasteiger partial charge in [-0.1, -0.05) is 47.6 Å². The monoisotopic (exact) mass is 446 g/mol. The SMILES string of the molecule is COC(=O)/C=C\C[C@H](C[C@H](CCO)O[Si](C)(C)C(C)(C)C)O[Si](C)(C)C(C)(C)C. The molecule has 0 aromatic heterocycles. The standard InChI is InChI=1S/C22H46O5Si2/c1-21(2,3)28(8,9)26-18(13-12-14-20(24)25-7)17-19(15-16-23)27-29(10,11)22(4,5)6/h12,14,18-19,23H,13,15-17H2,1-11H3/b14-12-/t18-,19+/m1/s1. The molecular formula is C22H46O5Si2. The molecule has 1 N–H and O–H groups in total. The summed E-state index contributed by atoms with van der Waals surface area (Å²) in [5.74, 6) is -0.361. The van der Waals surface area contributed by atoms with Gasteiger partial charge in [0.25, 0.3) is 0 Å². The van der Waals surface area contributed by atoms with Gasteiger partial charge in [0, 0.05) is 18.8 Å². The normalized spacial score (nSPS) is 16.1. The summed E-state index contributed by atoms with van der Waals surface area (Å²) in [5.41, 5.74) is 0. The number of hydrogen-bond acceptors (Lipinski definition) is 5. The Bertz CT molecular complexity index is 530. The van der Waals surface area contributed by atoms with E-state index in [0.717, 1.165) is 0 Å². The van der Waals surface area contributed by atoms with Crippen LogP contribution in [0.15, 0.2) is 12.2 Å². The third kappa shape index (κ3) is 9.92. The third-order valence-corrected chi connectivity index (χ3v) is 15.4. The van der Waals surface area contributed by atoms with E-state index in [1.807, 2.05) is 6.08 Å². The highest BCUT2D eigenvalue weighted by Crippen LogP contribution is 2.40. The Morgan fingerprint density at radius 3 is 1.76 bits per heavy atom. The number of carbonyl (C=O) groups is 1. The fraction of sp³-hybridized carbons (Fsp3) is 0.864. The second kappa shape index (κ2) is 11.2. The highest BCUT2D eigenvalue weighted by Gasteiger charge is 2.41. The van der Waals surface area contributed by atoms with Crippen molar-refractivity contribution in [2.75, 3.05) is 13.7 Å². The van der Waals surface area contributed by atoms with E-state index in [9.17, 15) is 9.90 Å². The van der Waals surface area contributed by atoms with Crippen molar-refractivity contribution in [1.29, 1.82) is 0 Å². The van der Waals surface area contributed by atoms with Crippen LogP contribution in [0.4, 0.5) is 0 Å². The van der Waals surface area contributed by atoms with Crippen LogP contribution in [-0.2, 0) is 18.4 Å². The Hall–Kier alpha value is -0.476. The first-order valence-corrected chi connectivity index (χ1v) is 16.5. The summed E-state index contributed by atoms with van der Waals surface area (Å²) in [6.45, 7) is 22.3. The number of hydrogen-bond donors (Lipinski definition) is 1. The molecule has 0 unspecified atom stereocenters. The van der Waals surface area contributed by atoms with E-state index >= 15 is 0 Å². The summed E-state index contributed by atoms with van der Waals surface area (Å²) in [7, 11) is -2.59. The van der Waals surface area contributed by atoms with Crippen LogP contribution in [0.2, 0.25) is 36.3 Å². The molecule has 0 aliphatic rings. The molecule has 0 heterocycles. The zero-order chi connectivity index (χ0) is 23.1. The molecule has 0 aromatic rings. The molecule has 0 saturated heterocycles. The van der Waals surface area contributed by atoms with Crippen molar-refractivity contribution in [2.45, 2.75) is 109 Å². The molecule has 0 amide bonds. The molecule has 0 bridgehead atoms. The summed E-state index contributed by atoms with van der Waals surface area (Å²) in [6, 6.07) is 0. The average Bonchev–Trinajstić information content (AvgIpc) is 2.51. The van der Waals surface area contributed by atoms with Crippen LogP contribution in [-0.4, -0.2) is 53.6 Å². The fourth-order valence-corrected chi connectivity index (χ4v) is 5.21. The van der Waals surface area contributed by atoms with Crippen molar-refractivity contribution in [3.63, 3.8) is 0 Å². The van der Waals surface area contributed by atoms with Crippen molar-refractivity contribution in [2.24, 2.45) is 0 Å². The highest BCUT2D eigenvalue weighted by atomic mass is 28.4. The van der Waals surface area contributed by atoms with Crippen molar-refractivity contribution < 1.29 is 23.5 Å². The number of aliphatic hydroxyl groups excluding tert-OH is 1. The number of carbonyl (C=O) groups excluding carboxylic acids is 1. The van der Waals surface area contributed by atoms with Gasteiger partial charge in [-0.15, -0.1) is 0 Å². The zero-order valence-electron chi connectivity index (χ0n) is 20.7. The maximum atomic E-state index is 11.5. The van der Waals surface area contributed by atoms with Gasteiger partial charge in [0.05, 0.1) is 13.2 Å². The van der Waals surface area contributed by atoms with Gasteiger partial charge in [-0.05, 0) is 55.5 Å². The van der Waals surface area contributed by atoms with Crippen LogP contribution < -0.4 is 0 Å². The summed E-state index contributed by atoms with van der Waals surface area (Å²) in [4.78, 5) is 11.5. The minimum absolute atomic E-state index is 0.0674. The largest absolute Gasteiger partial charge is 0.466 e. The maximum absolute atomic E-state index is 11.5. The molecule has 0 rings (SSSR count). The smallest absolute Gasteiger partial charge is 0.330 e. The number of ether oxygens (including phenoxy) is 1. The molecule has 29 heavy (non-hydrogen) atoms. The highest BCUT2D eigenvalue weighted by molar-refractivity contribution is 6.74. The minimum atomic E-state index is -2.00. The van der Waals surface area contributed by atoms with Crippen molar-refractivity contribution >= 4 is 22.6 Å². The lowest BCUT2D eigenvalue weighted by Crippen LogP contribution is -2.47. The van der Waals surface area contributed by atoms with Crippen LogP contribution in [0.25, 0.3) is 0 Å². The Morgan fingerprint density at radius 1 is 0.931 bits per heavy atom. The van der Waals surface area contributed by atoms with Crippen molar-refractivity contribution in [3.8, 4) is 0 Å². The van der Waals surface area contributed by atoms with E-state index in [-0.39, 0.29) is 34.9 Å². The van der Waals surface area contributed by atoms with Crippen molar-refractivity contribution in [3.05, 3.63) is 12.2 Å². The van der Waals surface area contributed by atoms with Gasteiger partial charge >= 0.3 is 5.97 Å². The Kier molecular flexibility index (Phi) is 11.0. The Labute approximate surface area is 181 Å². The van der Waals surface area contributed by atoms with E-state index in [2.05, 4.69) is 67.7 Å². The lowest BCUT2D eigenvalue weighted by atomic mass is 10.1. The molecule has 0 fully saturated rings. The molecule has 0 aliphatic carbocycles. The topological polar surface area (TPSA) is 65.0 Å². The molecule has 0 aliphatic heterocycles. The molecule has 0 radical (unpaired) electrons. The average molecular weight is 447 g/mol. The molecule has 5 nitrogen and oxygen atoms in total. The summed E-state index contributed by atoms with van der Waals surface area (Å²) < 4.78 is 18.0. The van der Waals surface area contributed by atoms with Gasteiger partial charge < -0.3 is 18.7 Å². The quantitative estimate of drug-likeness (QED) is 0.252. The Balaban J connectivity index is 5.54. The lowest BCUT2D eigenvalue weighted by Gasteiger charge is -2.42. The maximum Gasteiger partial charge on any atom is 0.330 e. The van der Waals surface area contributed by atoms with Gasteiger partial charge in [0.1, 0.15) is 0 Å². The molecule has 172 valence electrons. The molecule has 2 atom stereocenters. The van der Waals surface area contributed by atoms with Gasteiger partial charge in [-0.25, -0.2) is 4.79 Å². The van der Waals surface area contributed by atoms with Crippen LogP contribution in [0.5, 0.6) is 0 Å². The lowest BCUT2D eigenvalue weighted by molar-refractivity contribution is -0.134. The van der Waals surface area contributed by atoms with E-state index < -0.39 is 16.6 Å². The number of rotatable bonds is 11. The van der Waals surface area contributed by atoms with E-state index in [1.54, 1.807) is 0 Å². The van der Waals surface area contributed by atoms with Crippen LogP contribution >= 0.6 is 0 Å². The first-order chi connectivity index (χ1) is 13.0. The summed E-state index contributed by atoms with van der Waals surface area (Å²) >= 11 is 0. The van der Waals surface area contributed by atoms with Crippen molar-refractivity contribution in [1.82, 2.24) is 0 Å². The first kappa shape index (κ1) is 28.5. The van der Waals surface area contributed by atoms with Gasteiger partial charge in [0.15, 0.2) is 16.6 Å². The molecular weight excluding hydrogens is 400 g/mol. The molecule has 0 saturated carbocycles. The zero-order valence-corrected chi connectivity index (χ0v) is 22.7. The predicted molar refractivity (Wildman–Crippen MR) is 126 cm³/mol. The second-order valence-electron chi connectivity index (χ2n) is 10.9. The second-order valence-corrected chi connectivity index (χ2v) is 20.4. The molecule has 0 spiro atoms. The minimum Gasteiger partial charge on any atom is -0.466 e. The number of methoxy groups -OCH3 is 1. The first-order valence-electron chi connectivity index (χ1n) is 10.7. The number of aliphatic hydroxyl groups is 1. The van der Waals surface area contributed by atoms with E-state index in [0.29, 0.717) is 19.3 Å². The van der Waals surface area contributed by atoms with Crippen LogP contribution in [0.3, 0.4) is 0 Å². The third-order valence-electron chi connectivity index (χ3n) is 6.37. The van der Waals surface area contributed by atoms with E-state index in [1.165, 1.54) is 13.2 Å². The molecule has 0 aromatic carbocycles. The summed E-state index contributed by atoms with van der Waals surface area (Å²) in [5, 5.41) is 9.81.